The van der Waals surface area contributed by atoms with E-state index in [9.17, 15) is 14.4 Å². The normalized spacial score (nSPS) is 13.4. The van der Waals surface area contributed by atoms with Crippen LogP contribution in [0.15, 0.2) is 72.8 Å². The summed E-state index contributed by atoms with van der Waals surface area (Å²) in [5, 5.41) is 2.97. The minimum absolute atomic E-state index is 0.0545. The van der Waals surface area contributed by atoms with Gasteiger partial charge in [-0.3, -0.25) is 19.3 Å². The number of carbonyl (C=O) groups is 3. The molecule has 4 rings (SSSR count). The van der Waals surface area contributed by atoms with Crippen molar-refractivity contribution in [2.75, 3.05) is 25.6 Å². The van der Waals surface area contributed by atoms with E-state index in [2.05, 4.69) is 10.2 Å². The van der Waals surface area contributed by atoms with Gasteiger partial charge in [-0.25, -0.2) is 0 Å². The second kappa shape index (κ2) is 9.79. The van der Waals surface area contributed by atoms with Crippen LogP contribution in [-0.2, 0) is 6.54 Å². The highest BCUT2D eigenvalue weighted by Gasteiger charge is 2.35. The lowest BCUT2D eigenvalue weighted by atomic mass is 10.1. The van der Waals surface area contributed by atoms with E-state index in [4.69, 9.17) is 4.74 Å². The average molecular weight is 458 g/mol. The zero-order valence-electron chi connectivity index (χ0n) is 19.4. The first-order valence-electron chi connectivity index (χ1n) is 11.1. The van der Waals surface area contributed by atoms with Crippen molar-refractivity contribution in [3.8, 4) is 5.75 Å². The van der Waals surface area contributed by atoms with Gasteiger partial charge in [0.1, 0.15) is 5.75 Å². The molecule has 7 heteroatoms. The summed E-state index contributed by atoms with van der Waals surface area (Å²) in [6.45, 7) is 2.53. The lowest BCUT2D eigenvalue weighted by molar-refractivity contribution is 0.0642. The second-order valence-corrected chi connectivity index (χ2v) is 8.28. The summed E-state index contributed by atoms with van der Waals surface area (Å²) in [5.41, 5.74) is 2.87. The van der Waals surface area contributed by atoms with E-state index >= 15 is 0 Å². The van der Waals surface area contributed by atoms with Crippen LogP contribution < -0.4 is 15.0 Å². The lowest BCUT2D eigenvalue weighted by Crippen LogP contribution is -2.40. The molecule has 1 aliphatic rings. The maximum Gasteiger partial charge on any atom is 0.261 e. The topological polar surface area (TPSA) is 78.9 Å². The molecule has 0 saturated carbocycles. The van der Waals surface area contributed by atoms with Crippen LogP contribution >= 0.6 is 0 Å². The Morgan fingerprint density at radius 1 is 0.971 bits per heavy atom. The quantitative estimate of drug-likeness (QED) is 0.522. The van der Waals surface area contributed by atoms with E-state index < -0.39 is 0 Å². The van der Waals surface area contributed by atoms with Crippen LogP contribution in [0.1, 0.15) is 43.6 Å². The van der Waals surface area contributed by atoms with Crippen molar-refractivity contribution in [3.05, 3.63) is 95.1 Å². The third kappa shape index (κ3) is 4.50. The Kier molecular flexibility index (Phi) is 6.63. The fourth-order valence-electron chi connectivity index (χ4n) is 3.99. The van der Waals surface area contributed by atoms with Gasteiger partial charge < -0.3 is 15.0 Å². The highest BCUT2D eigenvalue weighted by atomic mass is 16.5. The van der Waals surface area contributed by atoms with Crippen LogP contribution in [0.25, 0.3) is 0 Å². The highest BCUT2D eigenvalue weighted by Crippen LogP contribution is 2.26. The minimum atomic E-state index is -0.333. The number of carbonyl (C=O) groups excluding carboxylic acids is 3. The number of likely N-dealkylation sites (N-methyl/N-ethyl adjacent to an activating group) is 1. The maximum atomic E-state index is 13.0. The van der Waals surface area contributed by atoms with Gasteiger partial charge in [0.05, 0.1) is 30.3 Å². The molecule has 1 aliphatic heterocycles. The summed E-state index contributed by atoms with van der Waals surface area (Å²) in [6, 6.07) is 21.9. The first-order chi connectivity index (χ1) is 16.4. The molecule has 3 aromatic rings. The Morgan fingerprint density at radius 2 is 1.59 bits per heavy atom. The van der Waals surface area contributed by atoms with E-state index in [1.54, 1.807) is 42.5 Å². The molecular formula is C27H27N3O4. The van der Waals surface area contributed by atoms with Crippen molar-refractivity contribution in [1.29, 1.82) is 0 Å². The van der Waals surface area contributed by atoms with Crippen LogP contribution in [0.2, 0.25) is 0 Å². The summed E-state index contributed by atoms with van der Waals surface area (Å²) in [6.07, 6.45) is 0. The van der Waals surface area contributed by atoms with Gasteiger partial charge in [0, 0.05) is 25.3 Å². The van der Waals surface area contributed by atoms with Crippen molar-refractivity contribution in [1.82, 2.24) is 10.2 Å². The molecule has 0 aliphatic carbocycles. The van der Waals surface area contributed by atoms with E-state index in [1.807, 2.05) is 44.3 Å². The van der Waals surface area contributed by atoms with Crippen molar-refractivity contribution in [3.63, 3.8) is 0 Å². The summed E-state index contributed by atoms with van der Waals surface area (Å²) in [4.78, 5) is 41.7. The minimum Gasteiger partial charge on any atom is -0.496 e. The molecule has 7 nitrogen and oxygen atoms in total. The largest absolute Gasteiger partial charge is 0.496 e. The van der Waals surface area contributed by atoms with E-state index in [0.717, 1.165) is 5.69 Å². The van der Waals surface area contributed by atoms with Gasteiger partial charge in [0.2, 0.25) is 0 Å². The zero-order valence-corrected chi connectivity index (χ0v) is 19.4. The smallest absolute Gasteiger partial charge is 0.261 e. The Morgan fingerprint density at radius 3 is 2.21 bits per heavy atom. The monoisotopic (exact) mass is 457 g/mol. The molecular weight excluding hydrogens is 430 g/mol. The van der Waals surface area contributed by atoms with Crippen LogP contribution in [0.5, 0.6) is 5.75 Å². The summed E-state index contributed by atoms with van der Waals surface area (Å²) >= 11 is 0. The molecule has 0 radical (unpaired) electrons. The van der Waals surface area contributed by atoms with Gasteiger partial charge in [0.15, 0.2) is 0 Å². The van der Waals surface area contributed by atoms with Gasteiger partial charge in [-0.1, -0.05) is 36.4 Å². The molecule has 0 bridgehead atoms. The molecule has 3 aromatic carbocycles. The highest BCUT2D eigenvalue weighted by molar-refractivity contribution is 6.21. The number of fused-ring (bicyclic) bond motifs is 1. The average Bonchev–Trinajstić information content (AvgIpc) is 3.12. The fourth-order valence-corrected chi connectivity index (χ4v) is 3.99. The van der Waals surface area contributed by atoms with Gasteiger partial charge in [0.25, 0.3) is 17.7 Å². The van der Waals surface area contributed by atoms with Crippen molar-refractivity contribution in [2.45, 2.75) is 19.5 Å². The molecule has 0 aromatic heterocycles. The molecule has 0 fully saturated rings. The van der Waals surface area contributed by atoms with Crippen molar-refractivity contribution >= 4 is 23.4 Å². The van der Waals surface area contributed by atoms with Crippen molar-refractivity contribution < 1.29 is 19.1 Å². The molecule has 1 heterocycles. The Labute approximate surface area is 198 Å². The standard InChI is InChI=1S/C27H27N3O4/c1-18(29(2)20-9-5-4-6-10-20)16-28-25(31)23-15-19(13-14-24(23)34-3)17-30-26(32)21-11-7-8-12-22(21)27(30)33/h4-15,18H,16-17H2,1-3H3,(H,28,31). The second-order valence-electron chi connectivity index (χ2n) is 8.28. The zero-order chi connectivity index (χ0) is 24.2. The molecule has 1 N–H and O–H groups in total. The fraction of sp³-hybridized carbons (Fsp3) is 0.222. The van der Waals surface area contributed by atoms with E-state index in [-0.39, 0.29) is 30.3 Å². The number of hydrogen-bond acceptors (Lipinski definition) is 5. The predicted molar refractivity (Wildman–Crippen MR) is 130 cm³/mol. The number of nitrogens with zero attached hydrogens (tertiary/aromatic N) is 2. The number of ether oxygens (including phenoxy) is 1. The van der Waals surface area contributed by atoms with Crippen LogP contribution in [-0.4, -0.2) is 49.4 Å². The molecule has 174 valence electrons. The number of hydrogen-bond donors (Lipinski definition) is 1. The van der Waals surface area contributed by atoms with E-state index in [0.29, 0.717) is 34.5 Å². The number of para-hydroxylation sites is 1. The maximum absolute atomic E-state index is 13.0. The van der Waals surface area contributed by atoms with E-state index in [1.165, 1.54) is 12.0 Å². The Balaban J connectivity index is 1.47. The number of rotatable bonds is 8. The van der Waals surface area contributed by atoms with Gasteiger partial charge in [-0.15, -0.1) is 0 Å². The summed E-state index contributed by atoms with van der Waals surface area (Å²) < 4.78 is 5.39. The van der Waals surface area contributed by atoms with Crippen molar-refractivity contribution in [2.24, 2.45) is 0 Å². The number of methoxy groups -OCH3 is 1. The Bertz CT molecular complexity index is 1190. The van der Waals surface area contributed by atoms with Crippen LogP contribution in [0.3, 0.4) is 0 Å². The third-order valence-corrected chi connectivity index (χ3v) is 6.11. The summed E-state index contributed by atoms with van der Waals surface area (Å²) in [5.74, 6) is -0.526. The lowest BCUT2D eigenvalue weighted by Gasteiger charge is -2.27. The third-order valence-electron chi connectivity index (χ3n) is 6.11. The number of amides is 3. The first-order valence-corrected chi connectivity index (χ1v) is 11.1. The number of benzene rings is 3. The molecule has 1 unspecified atom stereocenters. The molecule has 0 spiro atoms. The van der Waals surface area contributed by atoms with Crippen LogP contribution in [0, 0.1) is 0 Å². The van der Waals surface area contributed by atoms with Gasteiger partial charge >= 0.3 is 0 Å². The SMILES string of the molecule is COc1ccc(CN2C(=O)c3ccccc3C2=O)cc1C(=O)NCC(C)N(C)c1ccccc1. The van der Waals surface area contributed by atoms with Crippen LogP contribution in [0.4, 0.5) is 5.69 Å². The number of imide groups is 1. The van der Waals surface area contributed by atoms with Gasteiger partial charge in [-0.2, -0.15) is 0 Å². The number of nitrogens with one attached hydrogen (secondary N) is 1. The summed E-state index contributed by atoms with van der Waals surface area (Å²) in [7, 11) is 3.48. The predicted octanol–water partition coefficient (Wildman–Crippen LogP) is 3.75. The molecule has 3 amide bonds. The first kappa shape index (κ1) is 23.0. The molecule has 0 saturated heterocycles. The van der Waals surface area contributed by atoms with Gasteiger partial charge in [-0.05, 0) is 48.9 Å². The molecule has 34 heavy (non-hydrogen) atoms. The Hall–Kier alpha value is -4.13. The molecule has 1 atom stereocenters. The number of anilines is 1.